The van der Waals surface area contributed by atoms with Crippen molar-refractivity contribution in [2.45, 2.75) is 17.7 Å². The lowest BCUT2D eigenvalue weighted by Gasteiger charge is -2.18. The molecule has 1 saturated heterocycles. The minimum absolute atomic E-state index is 0.0735. The molecule has 1 fully saturated rings. The van der Waals surface area contributed by atoms with Crippen LogP contribution in [0.1, 0.15) is 22.4 Å². The summed E-state index contributed by atoms with van der Waals surface area (Å²) >= 11 is 7.37. The first-order valence-electron chi connectivity index (χ1n) is 5.99. The van der Waals surface area contributed by atoms with E-state index in [1.807, 2.05) is 6.07 Å². The Kier molecular flexibility index (Phi) is 3.47. The fraction of sp³-hybridized carbons (Fsp3) is 0.462. The molecule has 0 aromatic heterocycles. The predicted molar refractivity (Wildman–Crippen MR) is 77.1 cm³/mol. The number of halogens is 2. The van der Waals surface area contributed by atoms with Gasteiger partial charge in [0.15, 0.2) is 0 Å². The van der Waals surface area contributed by atoms with Crippen LogP contribution in [0.25, 0.3) is 0 Å². The molecule has 18 heavy (non-hydrogen) atoms. The van der Waals surface area contributed by atoms with Crippen molar-refractivity contribution in [2.24, 2.45) is 5.92 Å². The molecule has 3 rings (SSSR count). The van der Waals surface area contributed by atoms with Crippen molar-refractivity contribution in [3.8, 4) is 0 Å². The predicted octanol–water partition coefficient (Wildman–Crippen LogP) is 3.42. The van der Waals surface area contributed by atoms with Crippen molar-refractivity contribution in [3.05, 3.63) is 27.7 Å². The number of carbonyl (C=O) groups is 1. The number of hydrogen-bond acceptors (Lipinski definition) is 2. The Morgan fingerprint density at radius 3 is 3.00 bits per heavy atom. The molecule has 1 aromatic rings. The van der Waals surface area contributed by atoms with E-state index in [-0.39, 0.29) is 10.7 Å². The minimum Gasteiger partial charge on any atom is -0.381 e. The number of nitrogens with one attached hydrogen (secondary N) is 1. The average molecular weight is 375 g/mol. The van der Waals surface area contributed by atoms with E-state index in [2.05, 4.69) is 43.2 Å². The number of rotatable bonds is 2. The van der Waals surface area contributed by atoms with Crippen LogP contribution in [-0.4, -0.2) is 19.1 Å². The van der Waals surface area contributed by atoms with Crippen LogP contribution >= 0.6 is 31.9 Å². The van der Waals surface area contributed by atoms with E-state index in [1.165, 1.54) is 5.56 Å². The number of amides is 1. The van der Waals surface area contributed by atoms with E-state index < -0.39 is 0 Å². The Hall–Kier alpha value is -0.390. The van der Waals surface area contributed by atoms with Crippen LogP contribution in [0.4, 0.5) is 5.69 Å². The smallest absolute Gasteiger partial charge is 0.228 e. The summed E-state index contributed by atoms with van der Waals surface area (Å²) in [6.45, 7) is 1.64. The monoisotopic (exact) mass is 373 g/mol. The molecule has 2 aliphatic rings. The molecular weight excluding hydrogens is 362 g/mol. The summed E-state index contributed by atoms with van der Waals surface area (Å²) in [6.07, 6.45) is 1.56. The average Bonchev–Trinajstić information content (AvgIpc) is 2.94. The van der Waals surface area contributed by atoms with E-state index in [0.717, 1.165) is 35.4 Å². The molecule has 2 unspecified atom stereocenters. The second-order valence-electron chi connectivity index (χ2n) is 4.78. The molecule has 1 aromatic carbocycles. The van der Waals surface area contributed by atoms with Crippen molar-refractivity contribution < 1.29 is 9.53 Å². The van der Waals surface area contributed by atoms with Gasteiger partial charge in [-0.2, -0.15) is 0 Å². The zero-order valence-electron chi connectivity index (χ0n) is 9.71. The fourth-order valence-electron chi connectivity index (χ4n) is 2.52. The fourth-order valence-corrected chi connectivity index (χ4v) is 4.21. The zero-order chi connectivity index (χ0) is 12.7. The van der Waals surface area contributed by atoms with E-state index in [0.29, 0.717) is 12.3 Å². The Morgan fingerprint density at radius 2 is 2.28 bits per heavy atom. The van der Waals surface area contributed by atoms with Crippen molar-refractivity contribution >= 4 is 43.5 Å². The molecule has 2 atom stereocenters. The summed E-state index contributed by atoms with van der Waals surface area (Å²) in [5.74, 6) is 0.578. The highest BCUT2D eigenvalue weighted by Crippen LogP contribution is 2.42. The molecule has 0 aliphatic carbocycles. The van der Waals surface area contributed by atoms with Crippen molar-refractivity contribution in [1.82, 2.24) is 0 Å². The Balaban J connectivity index is 1.92. The summed E-state index contributed by atoms with van der Waals surface area (Å²) in [6, 6.07) is 4.12. The quantitative estimate of drug-likeness (QED) is 0.805. The van der Waals surface area contributed by atoms with Gasteiger partial charge in [-0.15, -0.1) is 0 Å². The van der Waals surface area contributed by atoms with E-state index >= 15 is 0 Å². The van der Waals surface area contributed by atoms with Crippen LogP contribution in [0.3, 0.4) is 0 Å². The Bertz CT molecular complexity index is 498. The van der Waals surface area contributed by atoms with Gasteiger partial charge in [0, 0.05) is 27.5 Å². The summed E-state index contributed by atoms with van der Waals surface area (Å²) in [5, 5.41) is 2.86. The lowest BCUT2D eigenvalue weighted by molar-refractivity contribution is -0.115. The van der Waals surface area contributed by atoms with Crippen LogP contribution in [0.5, 0.6) is 0 Å². The number of alkyl halides is 1. The zero-order valence-corrected chi connectivity index (χ0v) is 12.9. The normalized spacial score (nSPS) is 23.9. The third-order valence-electron chi connectivity index (χ3n) is 3.52. The molecule has 96 valence electrons. The summed E-state index contributed by atoms with van der Waals surface area (Å²) in [4.78, 5) is 11.7. The first-order valence-corrected chi connectivity index (χ1v) is 7.70. The molecule has 0 saturated carbocycles. The third-order valence-corrected chi connectivity index (χ3v) is 5.45. The number of carbonyl (C=O) groups excluding carboxylic acids is 1. The highest BCUT2D eigenvalue weighted by Gasteiger charge is 2.28. The maximum atomic E-state index is 11.4. The molecule has 3 nitrogen and oxygen atoms in total. The summed E-state index contributed by atoms with van der Waals surface area (Å²) in [5.41, 5.74) is 3.22. The van der Waals surface area contributed by atoms with Gasteiger partial charge in [-0.25, -0.2) is 0 Å². The molecule has 0 bridgehead atoms. The maximum absolute atomic E-state index is 11.4. The number of anilines is 1. The molecule has 0 radical (unpaired) electrons. The second-order valence-corrected chi connectivity index (χ2v) is 6.62. The van der Waals surface area contributed by atoms with Gasteiger partial charge in [-0.05, 0) is 23.6 Å². The lowest BCUT2D eigenvalue weighted by Crippen LogP contribution is -2.08. The summed E-state index contributed by atoms with van der Waals surface area (Å²) in [7, 11) is 0. The Labute approximate surface area is 123 Å². The lowest BCUT2D eigenvalue weighted by atomic mass is 9.96. The van der Waals surface area contributed by atoms with Crippen molar-refractivity contribution in [1.29, 1.82) is 0 Å². The van der Waals surface area contributed by atoms with Gasteiger partial charge in [-0.3, -0.25) is 4.79 Å². The van der Waals surface area contributed by atoms with Crippen LogP contribution in [0, 0.1) is 5.92 Å². The minimum atomic E-state index is 0.0735. The maximum Gasteiger partial charge on any atom is 0.228 e. The topological polar surface area (TPSA) is 38.3 Å². The molecule has 5 heteroatoms. The van der Waals surface area contributed by atoms with E-state index in [4.69, 9.17) is 4.74 Å². The van der Waals surface area contributed by atoms with Gasteiger partial charge >= 0.3 is 0 Å². The molecule has 0 spiro atoms. The van der Waals surface area contributed by atoms with E-state index in [1.54, 1.807) is 0 Å². The molecule has 1 N–H and O–H groups in total. The number of ether oxygens (including phenoxy) is 1. The first kappa shape index (κ1) is 12.6. The van der Waals surface area contributed by atoms with Crippen molar-refractivity contribution in [3.63, 3.8) is 0 Å². The van der Waals surface area contributed by atoms with Crippen molar-refractivity contribution in [2.75, 3.05) is 18.5 Å². The van der Waals surface area contributed by atoms with Gasteiger partial charge in [0.2, 0.25) is 5.91 Å². The number of benzene rings is 1. The van der Waals surface area contributed by atoms with Gasteiger partial charge in [0.25, 0.3) is 0 Å². The van der Waals surface area contributed by atoms with Crippen LogP contribution in [-0.2, 0) is 16.0 Å². The van der Waals surface area contributed by atoms with E-state index in [9.17, 15) is 4.79 Å². The van der Waals surface area contributed by atoms with Crippen LogP contribution in [0.15, 0.2) is 16.6 Å². The Morgan fingerprint density at radius 1 is 1.44 bits per heavy atom. The van der Waals surface area contributed by atoms with Crippen LogP contribution < -0.4 is 5.32 Å². The highest BCUT2D eigenvalue weighted by atomic mass is 79.9. The highest BCUT2D eigenvalue weighted by molar-refractivity contribution is 9.11. The number of hydrogen-bond donors (Lipinski definition) is 1. The first-order chi connectivity index (χ1) is 8.65. The largest absolute Gasteiger partial charge is 0.381 e. The molecule has 2 aliphatic heterocycles. The van der Waals surface area contributed by atoms with Gasteiger partial charge in [0.05, 0.1) is 13.0 Å². The molecule has 2 heterocycles. The molecule has 1 amide bonds. The number of fused-ring (bicyclic) bond motifs is 1. The molecular formula is C13H13Br2NO2. The third kappa shape index (κ3) is 2.24. The second kappa shape index (κ2) is 4.94. The van der Waals surface area contributed by atoms with Crippen LogP contribution in [0.2, 0.25) is 0 Å². The summed E-state index contributed by atoms with van der Waals surface area (Å²) < 4.78 is 6.48. The van der Waals surface area contributed by atoms with Gasteiger partial charge in [-0.1, -0.05) is 37.9 Å². The SMILES string of the molecule is O=C1Cc2cc(C(Br)C3CCOC3)c(Br)cc2N1. The van der Waals surface area contributed by atoms with Gasteiger partial charge < -0.3 is 10.1 Å². The van der Waals surface area contributed by atoms with Gasteiger partial charge in [0.1, 0.15) is 0 Å². The standard InChI is InChI=1S/C13H13Br2NO2/c14-10-5-11-8(4-12(17)16-11)3-9(10)13(15)7-1-2-18-6-7/h3,5,7,13H,1-2,4,6H2,(H,16,17).